The lowest BCUT2D eigenvalue weighted by Gasteiger charge is -2.14. The van der Waals surface area contributed by atoms with Crippen LogP contribution in [0.15, 0.2) is 24.7 Å². The summed E-state index contributed by atoms with van der Waals surface area (Å²) in [5.74, 6) is -0.0885. The van der Waals surface area contributed by atoms with Crippen molar-refractivity contribution >= 4 is 5.91 Å². The van der Waals surface area contributed by atoms with Crippen LogP contribution < -0.4 is 0 Å². The Hall–Kier alpha value is -2.11. The van der Waals surface area contributed by atoms with E-state index in [-0.39, 0.29) is 5.91 Å². The smallest absolute Gasteiger partial charge is 0.274 e. The zero-order chi connectivity index (χ0) is 12.4. The summed E-state index contributed by atoms with van der Waals surface area (Å²) in [6.45, 7) is 0.531. The third-order valence-electron chi connectivity index (χ3n) is 2.46. The highest BCUT2D eigenvalue weighted by atomic mass is 16.2. The van der Waals surface area contributed by atoms with Crippen molar-refractivity contribution in [2.75, 3.05) is 7.05 Å². The molecule has 2 aromatic heterocycles. The van der Waals surface area contributed by atoms with Crippen LogP contribution in [0.1, 0.15) is 16.1 Å². The maximum atomic E-state index is 12.0. The van der Waals surface area contributed by atoms with Crippen LogP contribution in [0.3, 0.4) is 0 Å². The third-order valence-corrected chi connectivity index (χ3v) is 2.46. The van der Waals surface area contributed by atoms with Gasteiger partial charge >= 0.3 is 0 Å². The number of rotatable bonds is 3. The number of hydrogen-bond donors (Lipinski definition) is 0. The van der Waals surface area contributed by atoms with Gasteiger partial charge in [0.05, 0.1) is 6.20 Å². The fourth-order valence-corrected chi connectivity index (χ4v) is 1.62. The molecule has 0 atom stereocenters. The number of aryl methyl sites for hydroxylation is 2. The molecule has 0 aliphatic carbocycles. The van der Waals surface area contributed by atoms with E-state index in [0.717, 1.165) is 5.56 Å². The Morgan fingerprint density at radius 3 is 2.71 bits per heavy atom. The SMILES string of the molecule is CN(Cc1cnn(C)c1)C(=O)c1ccn(C)n1. The normalized spacial score (nSPS) is 10.5. The van der Waals surface area contributed by atoms with E-state index in [1.807, 2.05) is 13.2 Å². The van der Waals surface area contributed by atoms with Crippen molar-refractivity contribution in [1.29, 1.82) is 0 Å². The monoisotopic (exact) mass is 233 g/mol. The van der Waals surface area contributed by atoms with E-state index in [9.17, 15) is 4.79 Å². The van der Waals surface area contributed by atoms with Gasteiger partial charge in [0.15, 0.2) is 0 Å². The van der Waals surface area contributed by atoms with Gasteiger partial charge in [-0.1, -0.05) is 0 Å². The Bertz CT molecular complexity index is 527. The molecule has 90 valence electrons. The molecular weight excluding hydrogens is 218 g/mol. The lowest BCUT2D eigenvalue weighted by atomic mass is 10.3. The second kappa shape index (κ2) is 4.40. The van der Waals surface area contributed by atoms with Gasteiger partial charge in [0.1, 0.15) is 5.69 Å². The van der Waals surface area contributed by atoms with Gasteiger partial charge < -0.3 is 4.90 Å². The average Bonchev–Trinajstić information content (AvgIpc) is 2.87. The third kappa shape index (κ3) is 2.52. The minimum atomic E-state index is -0.0885. The van der Waals surface area contributed by atoms with Crippen LogP contribution in [0.4, 0.5) is 0 Å². The molecule has 6 nitrogen and oxygen atoms in total. The van der Waals surface area contributed by atoms with E-state index in [1.165, 1.54) is 0 Å². The summed E-state index contributed by atoms with van der Waals surface area (Å²) in [4.78, 5) is 13.6. The predicted molar refractivity (Wildman–Crippen MR) is 62.2 cm³/mol. The van der Waals surface area contributed by atoms with E-state index in [0.29, 0.717) is 12.2 Å². The van der Waals surface area contributed by atoms with Gasteiger partial charge in [-0.15, -0.1) is 0 Å². The topological polar surface area (TPSA) is 56.0 Å². The van der Waals surface area contributed by atoms with Crippen LogP contribution in [-0.4, -0.2) is 37.4 Å². The molecule has 6 heteroatoms. The van der Waals surface area contributed by atoms with Gasteiger partial charge in [-0.05, 0) is 6.07 Å². The molecule has 2 aromatic rings. The number of amides is 1. The molecule has 0 saturated carbocycles. The second-order valence-electron chi connectivity index (χ2n) is 4.06. The molecule has 0 N–H and O–H groups in total. The van der Waals surface area contributed by atoms with Gasteiger partial charge in [0, 0.05) is 45.6 Å². The van der Waals surface area contributed by atoms with Crippen LogP contribution in [0.5, 0.6) is 0 Å². The Morgan fingerprint density at radius 1 is 1.41 bits per heavy atom. The first-order chi connectivity index (χ1) is 8.06. The van der Waals surface area contributed by atoms with Gasteiger partial charge in [0.25, 0.3) is 5.91 Å². The molecular formula is C11H15N5O. The van der Waals surface area contributed by atoms with Gasteiger partial charge in [-0.3, -0.25) is 14.2 Å². The zero-order valence-corrected chi connectivity index (χ0v) is 10.2. The minimum Gasteiger partial charge on any atom is -0.336 e. The standard InChI is InChI=1S/C11H15N5O/c1-14(7-9-6-12-16(3)8-9)11(17)10-4-5-15(2)13-10/h4-6,8H,7H2,1-3H3. The first-order valence-corrected chi connectivity index (χ1v) is 5.29. The molecule has 17 heavy (non-hydrogen) atoms. The largest absolute Gasteiger partial charge is 0.336 e. The number of carbonyl (C=O) groups is 1. The molecule has 1 amide bonds. The summed E-state index contributed by atoms with van der Waals surface area (Å²) in [5.41, 5.74) is 1.46. The second-order valence-corrected chi connectivity index (χ2v) is 4.06. The molecule has 0 unspecified atom stereocenters. The summed E-state index contributed by atoms with van der Waals surface area (Å²) in [6, 6.07) is 1.71. The van der Waals surface area contributed by atoms with Crippen molar-refractivity contribution in [2.24, 2.45) is 14.1 Å². The van der Waals surface area contributed by atoms with Crippen LogP contribution in [0.25, 0.3) is 0 Å². The van der Waals surface area contributed by atoms with E-state index in [1.54, 1.807) is 46.8 Å². The van der Waals surface area contributed by atoms with Crippen molar-refractivity contribution in [3.05, 3.63) is 35.9 Å². The lowest BCUT2D eigenvalue weighted by molar-refractivity contribution is 0.0778. The molecule has 0 aliphatic heterocycles. The van der Waals surface area contributed by atoms with E-state index < -0.39 is 0 Å². The molecule has 2 heterocycles. The minimum absolute atomic E-state index is 0.0885. The highest BCUT2D eigenvalue weighted by Gasteiger charge is 2.14. The van der Waals surface area contributed by atoms with Crippen molar-refractivity contribution in [3.63, 3.8) is 0 Å². The predicted octanol–water partition coefficient (Wildman–Crippen LogP) is 0.426. The van der Waals surface area contributed by atoms with Gasteiger partial charge in [-0.2, -0.15) is 10.2 Å². The average molecular weight is 233 g/mol. The lowest BCUT2D eigenvalue weighted by Crippen LogP contribution is -2.26. The molecule has 2 rings (SSSR count). The Labute approximate surface area is 99.4 Å². The van der Waals surface area contributed by atoms with Crippen molar-refractivity contribution in [3.8, 4) is 0 Å². The first kappa shape index (κ1) is 11.4. The molecule has 0 bridgehead atoms. The molecule has 0 saturated heterocycles. The first-order valence-electron chi connectivity index (χ1n) is 5.29. The Balaban J connectivity index is 2.05. The molecule has 0 aromatic carbocycles. The van der Waals surface area contributed by atoms with E-state index in [4.69, 9.17) is 0 Å². The quantitative estimate of drug-likeness (QED) is 0.772. The van der Waals surface area contributed by atoms with Gasteiger partial charge in [0.2, 0.25) is 0 Å². The maximum absolute atomic E-state index is 12.0. The summed E-state index contributed by atoms with van der Waals surface area (Å²) in [7, 11) is 5.39. The van der Waals surface area contributed by atoms with Crippen LogP contribution in [0, 0.1) is 0 Å². The van der Waals surface area contributed by atoms with Crippen LogP contribution in [-0.2, 0) is 20.6 Å². The number of nitrogens with zero attached hydrogens (tertiary/aromatic N) is 5. The number of aromatic nitrogens is 4. The van der Waals surface area contributed by atoms with Crippen LogP contribution >= 0.6 is 0 Å². The molecule has 0 aliphatic rings. The summed E-state index contributed by atoms with van der Waals surface area (Å²) < 4.78 is 3.33. The number of carbonyl (C=O) groups excluding carboxylic acids is 1. The summed E-state index contributed by atoms with van der Waals surface area (Å²) in [6.07, 6.45) is 5.40. The van der Waals surface area contributed by atoms with E-state index >= 15 is 0 Å². The van der Waals surface area contributed by atoms with Crippen LogP contribution in [0.2, 0.25) is 0 Å². The Kier molecular flexibility index (Phi) is 2.95. The highest BCUT2D eigenvalue weighted by molar-refractivity contribution is 5.91. The molecule has 0 spiro atoms. The summed E-state index contributed by atoms with van der Waals surface area (Å²) in [5, 5.41) is 8.15. The van der Waals surface area contributed by atoms with Crippen molar-refractivity contribution < 1.29 is 4.79 Å². The fraction of sp³-hybridized carbons (Fsp3) is 0.364. The zero-order valence-electron chi connectivity index (χ0n) is 10.2. The van der Waals surface area contributed by atoms with E-state index in [2.05, 4.69) is 10.2 Å². The maximum Gasteiger partial charge on any atom is 0.274 e. The number of hydrogen-bond acceptors (Lipinski definition) is 3. The summed E-state index contributed by atoms with van der Waals surface area (Å²) >= 11 is 0. The van der Waals surface area contributed by atoms with Gasteiger partial charge in [-0.25, -0.2) is 0 Å². The van der Waals surface area contributed by atoms with Crippen molar-refractivity contribution in [1.82, 2.24) is 24.5 Å². The Morgan fingerprint density at radius 2 is 2.18 bits per heavy atom. The van der Waals surface area contributed by atoms with Crippen molar-refractivity contribution in [2.45, 2.75) is 6.54 Å². The molecule has 0 radical (unpaired) electrons. The molecule has 0 fully saturated rings. The fourth-order valence-electron chi connectivity index (χ4n) is 1.62. The highest BCUT2D eigenvalue weighted by Crippen LogP contribution is 2.05.